The minimum absolute atomic E-state index is 0.0435. The van der Waals surface area contributed by atoms with Crippen molar-refractivity contribution in [2.24, 2.45) is 0 Å². The molecule has 1 aromatic rings. The normalized spacial score (nSPS) is 17.9. The zero-order valence-corrected chi connectivity index (χ0v) is 12.5. The van der Waals surface area contributed by atoms with Gasteiger partial charge in [-0.2, -0.15) is 0 Å². The summed E-state index contributed by atoms with van der Waals surface area (Å²) in [5.74, 6) is 1.02. The maximum absolute atomic E-state index is 11.8. The van der Waals surface area contributed by atoms with Gasteiger partial charge in [-0.3, -0.25) is 0 Å². The molecule has 1 saturated carbocycles. The zero-order valence-electron chi connectivity index (χ0n) is 12.5. The van der Waals surface area contributed by atoms with Crippen LogP contribution in [-0.4, -0.2) is 30.1 Å². The van der Waals surface area contributed by atoms with Crippen LogP contribution >= 0.6 is 0 Å². The summed E-state index contributed by atoms with van der Waals surface area (Å²) in [7, 11) is 0. The fourth-order valence-corrected chi connectivity index (χ4v) is 3.12. The highest BCUT2D eigenvalue weighted by molar-refractivity contribution is 5.74. The second-order valence-electron chi connectivity index (χ2n) is 5.97. The summed E-state index contributed by atoms with van der Waals surface area (Å²) in [6.45, 7) is 1.63. The molecule has 0 atom stereocenters. The van der Waals surface area contributed by atoms with Crippen molar-refractivity contribution >= 4 is 11.8 Å². The summed E-state index contributed by atoms with van der Waals surface area (Å²) in [5.41, 5.74) is 2.33. The van der Waals surface area contributed by atoms with Crippen molar-refractivity contribution in [2.45, 2.75) is 51.0 Å². The molecule has 0 saturated heterocycles. The summed E-state index contributed by atoms with van der Waals surface area (Å²) in [5, 5.41) is 9.30. The van der Waals surface area contributed by atoms with Crippen molar-refractivity contribution in [3.8, 4) is 0 Å². The number of aryl methyl sites for hydroxylation is 1. The first kappa shape index (κ1) is 14.2. The van der Waals surface area contributed by atoms with Crippen molar-refractivity contribution in [1.82, 2.24) is 15.6 Å². The van der Waals surface area contributed by atoms with Crippen LogP contribution in [0.4, 0.5) is 10.6 Å². The van der Waals surface area contributed by atoms with E-state index in [2.05, 4.69) is 33.1 Å². The molecule has 1 aliphatic carbocycles. The van der Waals surface area contributed by atoms with Crippen LogP contribution in [0.3, 0.4) is 0 Å². The molecule has 5 heteroatoms. The maximum atomic E-state index is 11.8. The van der Waals surface area contributed by atoms with Gasteiger partial charge in [-0.25, -0.2) is 9.78 Å². The van der Waals surface area contributed by atoms with E-state index in [-0.39, 0.29) is 6.03 Å². The number of nitrogens with zero attached hydrogens (tertiary/aromatic N) is 1. The molecular weight excluding hydrogens is 264 g/mol. The lowest BCUT2D eigenvalue weighted by molar-refractivity contribution is 0.237. The summed E-state index contributed by atoms with van der Waals surface area (Å²) >= 11 is 0. The van der Waals surface area contributed by atoms with Crippen molar-refractivity contribution in [3.05, 3.63) is 23.4 Å². The molecule has 0 spiro atoms. The summed E-state index contributed by atoms with van der Waals surface area (Å²) in [4.78, 5) is 16.4. The molecule has 5 nitrogen and oxygen atoms in total. The molecule has 1 aromatic heterocycles. The quantitative estimate of drug-likeness (QED) is 0.796. The standard InChI is InChI=1S/C16H24N4O/c21-16(20-13-5-1-2-6-13)18-11-9-14-8-7-12-4-3-10-17-15(12)19-14/h7-8,13H,1-6,9-11H2,(H,17,19)(H2,18,20,21). The Bertz CT molecular complexity index is 497. The van der Waals surface area contributed by atoms with Gasteiger partial charge in [0, 0.05) is 31.2 Å². The van der Waals surface area contributed by atoms with Gasteiger partial charge in [0.2, 0.25) is 0 Å². The number of pyridine rings is 1. The van der Waals surface area contributed by atoms with Crippen LogP contribution in [0, 0.1) is 0 Å². The van der Waals surface area contributed by atoms with Crippen LogP contribution in [0.25, 0.3) is 0 Å². The molecule has 2 aliphatic rings. The van der Waals surface area contributed by atoms with Gasteiger partial charge >= 0.3 is 6.03 Å². The SMILES string of the molecule is O=C(NCCc1ccc2c(n1)NCCC2)NC1CCCC1. The second kappa shape index (κ2) is 6.78. The van der Waals surface area contributed by atoms with Gasteiger partial charge in [-0.05, 0) is 37.3 Å². The van der Waals surface area contributed by atoms with Gasteiger partial charge in [-0.15, -0.1) is 0 Å². The highest BCUT2D eigenvalue weighted by Gasteiger charge is 2.16. The Labute approximate surface area is 125 Å². The van der Waals surface area contributed by atoms with E-state index < -0.39 is 0 Å². The Kier molecular flexibility index (Phi) is 4.58. The van der Waals surface area contributed by atoms with Crippen LogP contribution in [0.1, 0.15) is 43.4 Å². The van der Waals surface area contributed by atoms with Crippen LogP contribution < -0.4 is 16.0 Å². The number of carbonyl (C=O) groups is 1. The van der Waals surface area contributed by atoms with Crippen molar-refractivity contribution in [2.75, 3.05) is 18.4 Å². The molecule has 2 heterocycles. The van der Waals surface area contributed by atoms with Crippen LogP contribution in [0.5, 0.6) is 0 Å². The van der Waals surface area contributed by atoms with E-state index in [4.69, 9.17) is 0 Å². The lowest BCUT2D eigenvalue weighted by Crippen LogP contribution is -2.41. The number of amides is 2. The smallest absolute Gasteiger partial charge is 0.315 e. The minimum Gasteiger partial charge on any atom is -0.370 e. The number of carbonyl (C=O) groups excluding carboxylic acids is 1. The summed E-state index contributed by atoms with van der Waals surface area (Å²) in [6, 6.07) is 4.55. The number of hydrogen-bond acceptors (Lipinski definition) is 3. The van der Waals surface area contributed by atoms with E-state index in [0.29, 0.717) is 12.6 Å². The van der Waals surface area contributed by atoms with Crippen molar-refractivity contribution < 1.29 is 4.79 Å². The van der Waals surface area contributed by atoms with E-state index in [9.17, 15) is 4.79 Å². The van der Waals surface area contributed by atoms with E-state index in [1.165, 1.54) is 24.8 Å². The Hall–Kier alpha value is -1.78. The molecule has 21 heavy (non-hydrogen) atoms. The van der Waals surface area contributed by atoms with E-state index in [0.717, 1.165) is 43.7 Å². The van der Waals surface area contributed by atoms with Gasteiger partial charge in [0.15, 0.2) is 0 Å². The minimum atomic E-state index is -0.0435. The number of anilines is 1. The topological polar surface area (TPSA) is 66.0 Å². The van der Waals surface area contributed by atoms with Crippen molar-refractivity contribution in [1.29, 1.82) is 0 Å². The Morgan fingerprint density at radius 1 is 1.29 bits per heavy atom. The third kappa shape index (κ3) is 3.86. The highest BCUT2D eigenvalue weighted by atomic mass is 16.2. The first-order valence-electron chi connectivity index (χ1n) is 8.08. The first-order chi connectivity index (χ1) is 10.3. The van der Waals surface area contributed by atoms with E-state index in [1.54, 1.807) is 0 Å². The predicted octanol–water partition coefficient (Wildman–Crippen LogP) is 2.22. The molecule has 3 rings (SSSR count). The van der Waals surface area contributed by atoms with Gasteiger partial charge in [-0.1, -0.05) is 18.9 Å². The Balaban J connectivity index is 1.43. The maximum Gasteiger partial charge on any atom is 0.315 e. The Morgan fingerprint density at radius 2 is 2.14 bits per heavy atom. The lowest BCUT2D eigenvalue weighted by Gasteiger charge is -2.17. The third-order valence-electron chi connectivity index (χ3n) is 4.31. The fourth-order valence-electron chi connectivity index (χ4n) is 3.12. The third-order valence-corrected chi connectivity index (χ3v) is 4.31. The molecule has 0 radical (unpaired) electrons. The number of fused-ring (bicyclic) bond motifs is 1. The highest BCUT2D eigenvalue weighted by Crippen LogP contribution is 2.19. The largest absolute Gasteiger partial charge is 0.370 e. The van der Waals surface area contributed by atoms with Gasteiger partial charge in [0.05, 0.1) is 0 Å². The summed E-state index contributed by atoms with van der Waals surface area (Å²) in [6.07, 6.45) is 7.76. The first-order valence-corrected chi connectivity index (χ1v) is 8.08. The van der Waals surface area contributed by atoms with Gasteiger partial charge in [0.1, 0.15) is 5.82 Å². The molecule has 1 fully saturated rings. The second-order valence-corrected chi connectivity index (χ2v) is 5.97. The lowest BCUT2D eigenvalue weighted by atomic mass is 10.1. The molecule has 3 N–H and O–H groups in total. The molecular formula is C16H24N4O. The molecule has 1 aliphatic heterocycles. The average molecular weight is 288 g/mol. The number of rotatable bonds is 4. The van der Waals surface area contributed by atoms with Gasteiger partial charge in [0.25, 0.3) is 0 Å². The fraction of sp³-hybridized carbons (Fsp3) is 0.625. The molecule has 0 aromatic carbocycles. The van der Waals surface area contributed by atoms with Crippen LogP contribution in [-0.2, 0) is 12.8 Å². The number of aromatic nitrogens is 1. The predicted molar refractivity (Wildman–Crippen MR) is 83.5 cm³/mol. The molecule has 0 unspecified atom stereocenters. The van der Waals surface area contributed by atoms with Crippen LogP contribution in [0.2, 0.25) is 0 Å². The van der Waals surface area contributed by atoms with Crippen molar-refractivity contribution in [3.63, 3.8) is 0 Å². The molecule has 2 amide bonds. The average Bonchev–Trinajstić information content (AvgIpc) is 3.00. The van der Waals surface area contributed by atoms with Gasteiger partial charge < -0.3 is 16.0 Å². The molecule has 0 bridgehead atoms. The summed E-state index contributed by atoms with van der Waals surface area (Å²) < 4.78 is 0. The monoisotopic (exact) mass is 288 g/mol. The zero-order chi connectivity index (χ0) is 14.5. The molecule has 114 valence electrons. The number of nitrogens with one attached hydrogen (secondary N) is 3. The number of hydrogen-bond donors (Lipinski definition) is 3. The van der Waals surface area contributed by atoms with E-state index in [1.807, 2.05) is 0 Å². The Morgan fingerprint density at radius 3 is 3.00 bits per heavy atom. The van der Waals surface area contributed by atoms with E-state index >= 15 is 0 Å². The number of urea groups is 1. The van der Waals surface area contributed by atoms with Crippen LogP contribution in [0.15, 0.2) is 12.1 Å².